The van der Waals surface area contributed by atoms with Crippen molar-refractivity contribution in [2.75, 3.05) is 13.1 Å². The Morgan fingerprint density at radius 2 is 1.94 bits per heavy atom. The quantitative estimate of drug-likeness (QED) is 0.803. The van der Waals surface area contributed by atoms with E-state index in [4.69, 9.17) is 0 Å². The molecule has 2 aliphatic rings. The summed E-state index contributed by atoms with van der Waals surface area (Å²) in [4.78, 5) is 2.35. The van der Waals surface area contributed by atoms with Gasteiger partial charge >= 0.3 is 0 Å². The maximum Gasteiger partial charge on any atom is 0.214 e. The fraction of sp³-hybridized carbons (Fsp3) is 1.00. The summed E-state index contributed by atoms with van der Waals surface area (Å²) in [6, 6.07) is 0.634. The number of nitrogens with one attached hydrogen (secondary N) is 1. The van der Waals surface area contributed by atoms with Gasteiger partial charge in [-0.1, -0.05) is 0 Å². The fourth-order valence-corrected chi connectivity index (χ4v) is 3.88. The van der Waals surface area contributed by atoms with Crippen molar-refractivity contribution in [3.8, 4) is 0 Å². The van der Waals surface area contributed by atoms with E-state index in [2.05, 4.69) is 23.5 Å². The third-order valence-electron chi connectivity index (χ3n) is 3.48. The van der Waals surface area contributed by atoms with Crippen LogP contribution in [0.5, 0.6) is 0 Å². The lowest BCUT2D eigenvalue weighted by Gasteiger charge is -2.35. The lowest BCUT2D eigenvalue weighted by molar-refractivity contribution is 0.163. The van der Waals surface area contributed by atoms with Gasteiger partial charge in [0.05, 0.1) is 5.25 Å². The van der Waals surface area contributed by atoms with Crippen molar-refractivity contribution in [2.24, 2.45) is 0 Å². The molecule has 1 saturated carbocycles. The summed E-state index contributed by atoms with van der Waals surface area (Å²) in [5.41, 5.74) is 0. The first-order valence-corrected chi connectivity index (χ1v) is 7.79. The Morgan fingerprint density at radius 3 is 2.50 bits per heavy atom. The molecule has 0 aromatic rings. The average molecular weight is 246 g/mol. The first kappa shape index (κ1) is 12.3. The Labute approximate surface area is 98.4 Å². The van der Waals surface area contributed by atoms with Crippen LogP contribution in [0.25, 0.3) is 0 Å². The maximum absolute atomic E-state index is 11.8. The van der Waals surface area contributed by atoms with Gasteiger partial charge in [-0.2, -0.15) is 0 Å². The Balaban J connectivity index is 1.90. The highest BCUT2D eigenvalue weighted by molar-refractivity contribution is 7.90. The molecule has 1 atom stereocenters. The number of hydrogen-bond donors (Lipinski definition) is 1. The number of nitrogens with zero attached hydrogens (tertiary/aromatic N) is 1. The molecule has 5 heteroatoms. The molecule has 0 aromatic heterocycles. The van der Waals surface area contributed by atoms with E-state index in [1.807, 2.05) is 0 Å². The molecule has 4 nitrogen and oxygen atoms in total. The molecule has 0 bridgehead atoms. The zero-order valence-corrected chi connectivity index (χ0v) is 11.0. The molecular formula is C11H22N2O2S. The van der Waals surface area contributed by atoms with Gasteiger partial charge in [0.25, 0.3) is 0 Å². The van der Waals surface area contributed by atoms with Crippen LogP contribution in [0.2, 0.25) is 0 Å². The van der Waals surface area contributed by atoms with Crippen LogP contribution in [0, 0.1) is 0 Å². The molecular weight excluding hydrogens is 224 g/mol. The summed E-state index contributed by atoms with van der Waals surface area (Å²) in [7, 11) is -3.01. The summed E-state index contributed by atoms with van der Waals surface area (Å²) in [5, 5.41) is -0.0954. The number of likely N-dealkylation sites (tertiary alicyclic amines) is 1. The lowest BCUT2D eigenvalue weighted by atomic mass is 10.1. The summed E-state index contributed by atoms with van der Waals surface area (Å²) < 4.78 is 26.5. The van der Waals surface area contributed by atoms with Gasteiger partial charge in [0.2, 0.25) is 10.0 Å². The molecule has 1 saturated heterocycles. The Morgan fingerprint density at radius 1 is 1.25 bits per heavy atom. The second-order valence-electron chi connectivity index (χ2n) is 5.29. The van der Waals surface area contributed by atoms with E-state index in [1.54, 1.807) is 0 Å². The Kier molecular flexibility index (Phi) is 3.56. The van der Waals surface area contributed by atoms with Crippen LogP contribution in [0.3, 0.4) is 0 Å². The zero-order valence-electron chi connectivity index (χ0n) is 10.1. The predicted octanol–water partition coefficient (Wildman–Crippen LogP) is 0.941. The summed E-state index contributed by atoms with van der Waals surface area (Å²) in [5.74, 6) is 0. The van der Waals surface area contributed by atoms with Gasteiger partial charge in [-0.05, 0) is 46.1 Å². The van der Waals surface area contributed by atoms with E-state index in [-0.39, 0.29) is 11.3 Å². The predicted molar refractivity (Wildman–Crippen MR) is 64.8 cm³/mol. The molecule has 1 unspecified atom stereocenters. The largest absolute Gasteiger partial charge is 0.299 e. The molecule has 2 rings (SSSR count). The van der Waals surface area contributed by atoms with Gasteiger partial charge in [-0.3, -0.25) is 4.90 Å². The number of hydrogen-bond acceptors (Lipinski definition) is 3. The van der Waals surface area contributed by atoms with E-state index in [9.17, 15) is 8.42 Å². The second kappa shape index (κ2) is 4.63. The lowest BCUT2D eigenvalue weighted by Crippen LogP contribution is -2.50. The minimum atomic E-state index is -3.01. The molecule has 0 radical (unpaired) electrons. The van der Waals surface area contributed by atoms with Crippen LogP contribution in [0.15, 0.2) is 0 Å². The molecule has 94 valence electrons. The van der Waals surface area contributed by atoms with Crippen molar-refractivity contribution in [1.29, 1.82) is 0 Å². The van der Waals surface area contributed by atoms with E-state index < -0.39 is 10.0 Å². The third-order valence-corrected chi connectivity index (χ3v) is 5.49. The smallest absolute Gasteiger partial charge is 0.214 e. The topological polar surface area (TPSA) is 49.4 Å². The Bertz CT molecular complexity index is 336. The fourth-order valence-electron chi connectivity index (χ4n) is 2.28. The van der Waals surface area contributed by atoms with Crippen molar-refractivity contribution in [1.82, 2.24) is 9.62 Å². The highest BCUT2D eigenvalue weighted by atomic mass is 32.2. The monoisotopic (exact) mass is 246 g/mol. The summed E-state index contributed by atoms with van der Waals surface area (Å²) >= 11 is 0. The van der Waals surface area contributed by atoms with E-state index in [0.29, 0.717) is 6.04 Å². The van der Waals surface area contributed by atoms with Gasteiger partial charge in [0.1, 0.15) is 0 Å². The van der Waals surface area contributed by atoms with Crippen molar-refractivity contribution >= 4 is 10.0 Å². The molecule has 1 aliphatic carbocycles. The SMILES string of the molecule is CC(C)N1CCCC(NS(=O)(=O)C2CC2)C1. The third kappa shape index (κ3) is 2.96. The number of piperidine rings is 1. The maximum atomic E-state index is 11.8. The normalized spacial score (nSPS) is 28.6. The van der Waals surface area contributed by atoms with Gasteiger partial charge in [0, 0.05) is 18.6 Å². The highest BCUT2D eigenvalue weighted by Gasteiger charge is 2.37. The molecule has 16 heavy (non-hydrogen) atoms. The molecule has 0 spiro atoms. The molecule has 0 amide bonds. The number of sulfonamides is 1. The van der Waals surface area contributed by atoms with Gasteiger partial charge < -0.3 is 0 Å². The molecule has 1 N–H and O–H groups in total. The summed E-state index contributed by atoms with van der Waals surface area (Å²) in [6.45, 7) is 6.29. The van der Waals surface area contributed by atoms with Crippen LogP contribution in [0.1, 0.15) is 39.5 Å². The minimum Gasteiger partial charge on any atom is -0.299 e. The van der Waals surface area contributed by atoms with Crippen LogP contribution in [-0.4, -0.2) is 43.7 Å². The van der Waals surface area contributed by atoms with E-state index in [1.165, 1.54) is 0 Å². The molecule has 1 heterocycles. The van der Waals surface area contributed by atoms with E-state index in [0.717, 1.165) is 38.8 Å². The molecule has 1 aliphatic heterocycles. The molecule has 2 fully saturated rings. The van der Waals surface area contributed by atoms with Crippen LogP contribution < -0.4 is 4.72 Å². The van der Waals surface area contributed by atoms with Crippen LogP contribution in [-0.2, 0) is 10.0 Å². The highest BCUT2D eigenvalue weighted by Crippen LogP contribution is 2.28. The van der Waals surface area contributed by atoms with Gasteiger partial charge in [-0.15, -0.1) is 0 Å². The number of rotatable bonds is 4. The van der Waals surface area contributed by atoms with Gasteiger partial charge in [-0.25, -0.2) is 13.1 Å². The zero-order chi connectivity index (χ0) is 11.8. The van der Waals surface area contributed by atoms with E-state index >= 15 is 0 Å². The van der Waals surface area contributed by atoms with Crippen molar-refractivity contribution in [3.63, 3.8) is 0 Å². The first-order chi connectivity index (χ1) is 7.49. The minimum absolute atomic E-state index is 0.0954. The average Bonchev–Trinajstić information content (AvgIpc) is 3.00. The second-order valence-corrected chi connectivity index (χ2v) is 7.28. The standard InChI is InChI=1S/C11H22N2O2S/c1-9(2)13-7-3-4-10(8-13)12-16(14,15)11-5-6-11/h9-12H,3-8H2,1-2H3. The van der Waals surface area contributed by atoms with Crippen LogP contribution >= 0.6 is 0 Å². The van der Waals surface area contributed by atoms with Crippen molar-refractivity contribution < 1.29 is 8.42 Å². The summed E-state index contributed by atoms with van der Waals surface area (Å²) in [6.07, 6.45) is 3.76. The van der Waals surface area contributed by atoms with Gasteiger partial charge in [0.15, 0.2) is 0 Å². The van der Waals surface area contributed by atoms with Crippen LogP contribution in [0.4, 0.5) is 0 Å². The molecule has 0 aromatic carbocycles. The first-order valence-electron chi connectivity index (χ1n) is 6.24. The van der Waals surface area contributed by atoms with Crippen molar-refractivity contribution in [3.05, 3.63) is 0 Å². The van der Waals surface area contributed by atoms with Crippen molar-refractivity contribution in [2.45, 2.75) is 56.9 Å². The Hall–Kier alpha value is -0.130.